The first-order chi connectivity index (χ1) is 13.9. The first kappa shape index (κ1) is 21.6. The van der Waals surface area contributed by atoms with Crippen LogP contribution in [0, 0.1) is 0 Å². The highest BCUT2D eigenvalue weighted by Crippen LogP contribution is 2.27. The monoisotopic (exact) mass is 435 g/mol. The van der Waals surface area contributed by atoms with Crippen LogP contribution in [-0.2, 0) is 14.8 Å². The Morgan fingerprint density at radius 2 is 1.86 bits per heavy atom. The highest BCUT2D eigenvalue weighted by Gasteiger charge is 2.39. The molecule has 6 nitrogen and oxygen atoms in total. The lowest BCUT2D eigenvalue weighted by atomic mass is 10.2. The Balaban J connectivity index is 1.54. The number of halogens is 1. The van der Waals surface area contributed by atoms with E-state index in [2.05, 4.69) is 10.2 Å². The van der Waals surface area contributed by atoms with Gasteiger partial charge in [0.05, 0.1) is 4.90 Å². The summed E-state index contributed by atoms with van der Waals surface area (Å²) in [4.78, 5) is 14.9. The van der Waals surface area contributed by atoms with Gasteiger partial charge < -0.3 is 10.2 Å². The lowest BCUT2D eigenvalue weighted by Gasteiger charge is -2.24. The quantitative estimate of drug-likeness (QED) is 0.647. The fourth-order valence-corrected chi connectivity index (χ4v) is 5.27. The molecule has 156 valence electrons. The maximum atomic E-state index is 12.9. The molecule has 0 aliphatic carbocycles. The number of anilines is 1. The molecular weight excluding hydrogens is 410 g/mol. The molecule has 1 atom stereocenters. The van der Waals surface area contributed by atoms with Gasteiger partial charge in [0.15, 0.2) is 0 Å². The Bertz CT molecular complexity index is 920. The van der Waals surface area contributed by atoms with Crippen LogP contribution < -0.4 is 10.2 Å². The maximum Gasteiger partial charge on any atom is 0.243 e. The number of rotatable bonds is 8. The molecule has 0 spiro atoms. The molecule has 1 heterocycles. The third-order valence-corrected chi connectivity index (χ3v) is 7.27. The molecule has 1 amide bonds. The van der Waals surface area contributed by atoms with Crippen molar-refractivity contribution in [2.24, 2.45) is 0 Å². The molecule has 1 N–H and O–H groups in total. The minimum atomic E-state index is -3.72. The van der Waals surface area contributed by atoms with Gasteiger partial charge in [-0.1, -0.05) is 29.8 Å². The van der Waals surface area contributed by atoms with Gasteiger partial charge in [-0.15, -0.1) is 0 Å². The molecule has 0 saturated carbocycles. The predicted molar refractivity (Wildman–Crippen MR) is 116 cm³/mol. The molecule has 2 aromatic carbocycles. The molecule has 0 radical (unpaired) electrons. The minimum absolute atomic E-state index is 0.158. The van der Waals surface area contributed by atoms with Gasteiger partial charge >= 0.3 is 0 Å². The number of benzene rings is 2. The van der Waals surface area contributed by atoms with E-state index in [0.29, 0.717) is 31.0 Å². The van der Waals surface area contributed by atoms with Crippen molar-refractivity contribution < 1.29 is 13.2 Å². The Kier molecular flexibility index (Phi) is 7.16. The molecule has 8 heteroatoms. The number of hydrogen-bond acceptors (Lipinski definition) is 4. The lowest BCUT2D eigenvalue weighted by molar-refractivity contribution is -0.124. The highest BCUT2D eigenvalue weighted by atomic mass is 35.5. The second-order valence-corrected chi connectivity index (χ2v) is 9.46. The summed E-state index contributed by atoms with van der Waals surface area (Å²) in [6, 6.07) is 15.4. The number of amides is 1. The van der Waals surface area contributed by atoms with E-state index in [0.717, 1.165) is 18.7 Å². The van der Waals surface area contributed by atoms with Crippen molar-refractivity contribution >= 4 is 33.2 Å². The molecule has 0 bridgehead atoms. The molecule has 1 aliphatic rings. The van der Waals surface area contributed by atoms with E-state index < -0.39 is 16.1 Å². The van der Waals surface area contributed by atoms with E-state index in [9.17, 15) is 13.2 Å². The number of para-hydroxylation sites is 1. The van der Waals surface area contributed by atoms with Crippen LogP contribution in [0.3, 0.4) is 0 Å². The number of sulfonamides is 1. The third kappa shape index (κ3) is 5.29. The van der Waals surface area contributed by atoms with Gasteiger partial charge in [0.25, 0.3) is 0 Å². The van der Waals surface area contributed by atoms with Crippen LogP contribution in [0.5, 0.6) is 0 Å². The molecule has 1 aliphatic heterocycles. The zero-order chi connectivity index (χ0) is 20.9. The largest absolute Gasteiger partial charge is 0.375 e. The van der Waals surface area contributed by atoms with Crippen LogP contribution in [0.4, 0.5) is 5.69 Å². The summed E-state index contributed by atoms with van der Waals surface area (Å²) in [6.07, 6.45) is 1.97. The van der Waals surface area contributed by atoms with Crippen LogP contribution in [0.25, 0.3) is 0 Å². The van der Waals surface area contributed by atoms with E-state index >= 15 is 0 Å². The van der Waals surface area contributed by atoms with E-state index in [1.54, 1.807) is 12.1 Å². The van der Waals surface area contributed by atoms with Gasteiger partial charge in [0, 0.05) is 37.4 Å². The SMILES string of the molecule is CN(CCCNC(=O)[C@@H]1CCCN1S(=O)(=O)c1ccc(Cl)cc1)c1ccccc1. The van der Waals surface area contributed by atoms with E-state index in [1.165, 1.54) is 16.4 Å². The van der Waals surface area contributed by atoms with Crippen molar-refractivity contribution in [1.29, 1.82) is 0 Å². The lowest BCUT2D eigenvalue weighted by Crippen LogP contribution is -2.46. The van der Waals surface area contributed by atoms with E-state index in [4.69, 9.17) is 11.6 Å². The average Bonchev–Trinajstić information content (AvgIpc) is 3.23. The van der Waals surface area contributed by atoms with Gasteiger partial charge in [0.2, 0.25) is 15.9 Å². The number of nitrogens with one attached hydrogen (secondary N) is 1. The Hall–Kier alpha value is -2.09. The maximum absolute atomic E-state index is 12.9. The van der Waals surface area contributed by atoms with Gasteiger partial charge in [-0.05, 0) is 55.7 Å². The van der Waals surface area contributed by atoms with Crippen molar-refractivity contribution in [2.45, 2.75) is 30.2 Å². The molecule has 0 aromatic heterocycles. The Labute approximate surface area is 177 Å². The van der Waals surface area contributed by atoms with Crippen LogP contribution in [0.15, 0.2) is 59.5 Å². The Morgan fingerprint density at radius 3 is 2.55 bits per heavy atom. The van der Waals surface area contributed by atoms with Crippen LogP contribution in [-0.4, -0.2) is 51.4 Å². The summed E-state index contributed by atoms with van der Waals surface area (Å²) >= 11 is 5.86. The topological polar surface area (TPSA) is 69.7 Å². The first-order valence-corrected chi connectivity index (χ1v) is 11.5. The van der Waals surface area contributed by atoms with Gasteiger partial charge in [-0.25, -0.2) is 8.42 Å². The highest BCUT2D eigenvalue weighted by molar-refractivity contribution is 7.89. The first-order valence-electron chi connectivity index (χ1n) is 9.71. The summed E-state index contributed by atoms with van der Waals surface area (Å²) < 4.78 is 27.2. The molecule has 29 heavy (non-hydrogen) atoms. The number of carbonyl (C=O) groups is 1. The van der Waals surface area contributed by atoms with E-state index in [-0.39, 0.29) is 10.8 Å². The fourth-order valence-electron chi connectivity index (χ4n) is 3.49. The molecule has 2 aromatic rings. The fraction of sp³-hybridized carbons (Fsp3) is 0.381. The Morgan fingerprint density at radius 1 is 1.17 bits per heavy atom. The zero-order valence-electron chi connectivity index (χ0n) is 16.4. The van der Waals surface area contributed by atoms with Gasteiger partial charge in [0.1, 0.15) is 6.04 Å². The minimum Gasteiger partial charge on any atom is -0.375 e. The van der Waals surface area contributed by atoms with Crippen molar-refractivity contribution in [3.8, 4) is 0 Å². The predicted octanol–water partition coefficient (Wildman–Crippen LogP) is 3.14. The summed E-state index contributed by atoms with van der Waals surface area (Å²) in [5, 5.41) is 3.37. The molecule has 0 unspecified atom stereocenters. The van der Waals surface area contributed by atoms with Crippen molar-refractivity contribution in [3.05, 3.63) is 59.6 Å². The number of hydrogen-bond donors (Lipinski definition) is 1. The molecule has 1 saturated heterocycles. The van der Waals surface area contributed by atoms with Crippen molar-refractivity contribution in [3.63, 3.8) is 0 Å². The standard InChI is InChI=1S/C21H26ClN3O3S/c1-24(18-7-3-2-4-8-18)15-6-14-23-21(26)20-9-5-16-25(20)29(27,28)19-12-10-17(22)11-13-19/h2-4,7-8,10-13,20H,5-6,9,14-16H2,1H3,(H,23,26)/t20-/m0/s1. The smallest absolute Gasteiger partial charge is 0.243 e. The molecule has 3 rings (SSSR count). The number of nitrogens with zero attached hydrogens (tertiary/aromatic N) is 2. The van der Waals surface area contributed by atoms with Crippen molar-refractivity contribution in [1.82, 2.24) is 9.62 Å². The van der Waals surface area contributed by atoms with Gasteiger partial charge in [-0.3, -0.25) is 4.79 Å². The van der Waals surface area contributed by atoms with Crippen molar-refractivity contribution in [2.75, 3.05) is 31.6 Å². The second kappa shape index (κ2) is 9.61. The van der Waals surface area contributed by atoms with Crippen LogP contribution in [0.1, 0.15) is 19.3 Å². The van der Waals surface area contributed by atoms with Crippen LogP contribution in [0.2, 0.25) is 5.02 Å². The zero-order valence-corrected chi connectivity index (χ0v) is 18.0. The normalized spacial score (nSPS) is 17.2. The molecule has 1 fully saturated rings. The third-order valence-electron chi connectivity index (χ3n) is 5.09. The molecular formula is C21H26ClN3O3S. The summed E-state index contributed by atoms with van der Waals surface area (Å²) in [5.41, 5.74) is 1.12. The summed E-state index contributed by atoms with van der Waals surface area (Å²) in [7, 11) is -1.72. The summed E-state index contributed by atoms with van der Waals surface area (Å²) in [6.45, 7) is 1.64. The second-order valence-electron chi connectivity index (χ2n) is 7.13. The van der Waals surface area contributed by atoms with E-state index in [1.807, 2.05) is 37.4 Å². The van der Waals surface area contributed by atoms with Crippen LogP contribution >= 0.6 is 11.6 Å². The average molecular weight is 436 g/mol. The van der Waals surface area contributed by atoms with Gasteiger partial charge in [-0.2, -0.15) is 4.31 Å². The number of carbonyl (C=O) groups excluding carboxylic acids is 1. The summed E-state index contributed by atoms with van der Waals surface area (Å²) in [5.74, 6) is -0.234.